The van der Waals surface area contributed by atoms with Crippen LogP contribution >= 0.6 is 11.6 Å². The minimum Gasteiger partial charge on any atom is -0.472 e. The highest BCUT2D eigenvalue weighted by atomic mass is 35.5. The van der Waals surface area contributed by atoms with E-state index in [1.54, 1.807) is 37.4 Å². The Morgan fingerprint density at radius 1 is 1.31 bits per heavy atom. The third-order valence-electron chi connectivity index (χ3n) is 4.49. The zero-order valence-corrected chi connectivity index (χ0v) is 16.3. The van der Waals surface area contributed by atoms with E-state index < -0.39 is 0 Å². The highest BCUT2D eigenvalue weighted by molar-refractivity contribution is 6.29. The van der Waals surface area contributed by atoms with Crippen molar-refractivity contribution in [2.24, 2.45) is 0 Å². The monoisotopic (exact) mass is 415 g/mol. The van der Waals surface area contributed by atoms with E-state index in [1.165, 1.54) is 0 Å². The summed E-state index contributed by atoms with van der Waals surface area (Å²) in [7, 11) is 0. The second-order valence-corrected chi connectivity index (χ2v) is 6.90. The van der Waals surface area contributed by atoms with Crippen molar-refractivity contribution in [1.29, 1.82) is 0 Å². The molecular weight excluding hydrogens is 398 g/mol. The van der Waals surface area contributed by atoms with E-state index in [2.05, 4.69) is 25.7 Å². The van der Waals surface area contributed by atoms with Gasteiger partial charge in [-0.2, -0.15) is 0 Å². The molecule has 150 valence electrons. The molecule has 0 radical (unpaired) electrons. The molecule has 0 spiro atoms. The van der Waals surface area contributed by atoms with Gasteiger partial charge in [-0.3, -0.25) is 4.79 Å². The molecule has 1 fully saturated rings. The predicted octanol–water partition coefficient (Wildman–Crippen LogP) is 2.59. The van der Waals surface area contributed by atoms with Gasteiger partial charge >= 0.3 is 0 Å². The maximum absolute atomic E-state index is 12.2. The molecule has 1 aliphatic heterocycles. The Hall–Kier alpha value is -3.04. The second-order valence-electron chi connectivity index (χ2n) is 6.51. The average molecular weight is 416 g/mol. The molecular formula is C19H18ClN5O4. The summed E-state index contributed by atoms with van der Waals surface area (Å²) in [5.74, 6) is 0.621. The highest BCUT2D eigenvalue weighted by Gasteiger charge is 2.20. The molecule has 9 nitrogen and oxygen atoms in total. The van der Waals surface area contributed by atoms with Crippen LogP contribution in [0.15, 0.2) is 35.0 Å². The molecule has 0 aliphatic carbocycles. The van der Waals surface area contributed by atoms with Crippen molar-refractivity contribution < 1.29 is 18.8 Å². The van der Waals surface area contributed by atoms with Crippen molar-refractivity contribution in [2.75, 3.05) is 13.2 Å². The fourth-order valence-electron chi connectivity index (χ4n) is 2.88. The van der Waals surface area contributed by atoms with E-state index >= 15 is 0 Å². The first-order chi connectivity index (χ1) is 14.1. The molecule has 0 aromatic carbocycles. The smallest absolute Gasteiger partial charge is 0.272 e. The van der Waals surface area contributed by atoms with Gasteiger partial charge < -0.3 is 19.3 Å². The Kier molecular flexibility index (Phi) is 5.68. The Morgan fingerprint density at radius 2 is 2.21 bits per heavy atom. The van der Waals surface area contributed by atoms with Crippen molar-refractivity contribution in [2.45, 2.75) is 26.0 Å². The SMILES string of the molecule is Cc1onc(-c2ccc(Cl)nc2)c1COc1ccc(C(=O)N[C@H]2CCOC2)nn1. The van der Waals surface area contributed by atoms with Crippen LogP contribution in [-0.4, -0.2) is 45.5 Å². The lowest BCUT2D eigenvalue weighted by Gasteiger charge is -2.10. The number of rotatable bonds is 6. The van der Waals surface area contributed by atoms with Gasteiger partial charge in [0.25, 0.3) is 5.91 Å². The summed E-state index contributed by atoms with van der Waals surface area (Å²) < 4.78 is 16.2. The van der Waals surface area contributed by atoms with Gasteiger partial charge in [-0.05, 0) is 31.5 Å². The fourth-order valence-corrected chi connectivity index (χ4v) is 2.99. The van der Waals surface area contributed by atoms with E-state index in [0.29, 0.717) is 29.8 Å². The Bertz CT molecular complexity index is 985. The number of aryl methyl sites for hydroxylation is 1. The van der Waals surface area contributed by atoms with Gasteiger partial charge in [0.05, 0.1) is 18.2 Å². The number of nitrogens with one attached hydrogen (secondary N) is 1. The van der Waals surface area contributed by atoms with Crippen LogP contribution in [0.2, 0.25) is 5.15 Å². The van der Waals surface area contributed by atoms with Gasteiger partial charge in [-0.1, -0.05) is 16.8 Å². The molecule has 1 N–H and O–H groups in total. The second kappa shape index (κ2) is 8.54. The van der Waals surface area contributed by atoms with Crippen molar-refractivity contribution >= 4 is 17.5 Å². The molecule has 0 bridgehead atoms. The topological polar surface area (TPSA) is 112 Å². The van der Waals surface area contributed by atoms with E-state index in [1.807, 2.05) is 0 Å². The number of aromatic nitrogens is 4. The normalized spacial score (nSPS) is 16.0. The van der Waals surface area contributed by atoms with E-state index in [-0.39, 0.29) is 30.1 Å². The number of amides is 1. The maximum Gasteiger partial charge on any atom is 0.272 e. The van der Waals surface area contributed by atoms with Crippen molar-refractivity contribution in [1.82, 2.24) is 25.7 Å². The summed E-state index contributed by atoms with van der Waals surface area (Å²) in [6, 6.07) is 6.66. The fraction of sp³-hybridized carbons (Fsp3) is 0.316. The molecule has 29 heavy (non-hydrogen) atoms. The number of carbonyl (C=O) groups is 1. The summed E-state index contributed by atoms with van der Waals surface area (Å²) in [5, 5.41) is 15.2. The highest BCUT2D eigenvalue weighted by Crippen LogP contribution is 2.26. The van der Waals surface area contributed by atoms with Crippen LogP contribution < -0.4 is 10.1 Å². The lowest BCUT2D eigenvalue weighted by Crippen LogP contribution is -2.35. The summed E-state index contributed by atoms with van der Waals surface area (Å²) in [4.78, 5) is 16.2. The number of carbonyl (C=O) groups excluding carboxylic acids is 1. The molecule has 0 unspecified atom stereocenters. The predicted molar refractivity (Wildman–Crippen MR) is 103 cm³/mol. The number of hydrogen-bond donors (Lipinski definition) is 1. The molecule has 4 heterocycles. The zero-order valence-electron chi connectivity index (χ0n) is 15.6. The van der Waals surface area contributed by atoms with E-state index in [9.17, 15) is 4.79 Å². The van der Waals surface area contributed by atoms with Crippen molar-refractivity contribution in [3.8, 4) is 17.1 Å². The molecule has 1 atom stereocenters. The largest absolute Gasteiger partial charge is 0.472 e. The summed E-state index contributed by atoms with van der Waals surface area (Å²) >= 11 is 5.84. The van der Waals surface area contributed by atoms with Crippen LogP contribution in [0.4, 0.5) is 0 Å². The number of pyridine rings is 1. The van der Waals surface area contributed by atoms with E-state index in [0.717, 1.165) is 17.5 Å². The quantitative estimate of drug-likeness (QED) is 0.611. The third-order valence-corrected chi connectivity index (χ3v) is 4.71. The minimum atomic E-state index is -0.285. The van der Waals surface area contributed by atoms with Gasteiger partial charge in [0, 0.05) is 24.4 Å². The van der Waals surface area contributed by atoms with E-state index in [4.69, 9.17) is 25.6 Å². The minimum absolute atomic E-state index is 0.0116. The molecule has 3 aromatic rings. The lowest BCUT2D eigenvalue weighted by molar-refractivity contribution is 0.0923. The number of hydrogen-bond acceptors (Lipinski definition) is 8. The first-order valence-corrected chi connectivity index (χ1v) is 9.40. The molecule has 4 rings (SSSR count). The number of halogens is 1. The lowest BCUT2D eigenvalue weighted by atomic mass is 10.1. The van der Waals surface area contributed by atoms with Crippen LogP contribution in [0, 0.1) is 6.92 Å². The van der Waals surface area contributed by atoms with Crippen LogP contribution in [0.3, 0.4) is 0 Å². The van der Waals surface area contributed by atoms with Gasteiger partial charge in [0.15, 0.2) is 5.69 Å². The van der Waals surface area contributed by atoms with Crippen LogP contribution in [-0.2, 0) is 11.3 Å². The van der Waals surface area contributed by atoms with Gasteiger partial charge in [-0.15, -0.1) is 10.2 Å². The molecule has 1 aliphatic rings. The summed E-state index contributed by atoms with van der Waals surface area (Å²) in [6.45, 7) is 3.14. The van der Waals surface area contributed by atoms with Crippen LogP contribution in [0.5, 0.6) is 5.88 Å². The maximum atomic E-state index is 12.2. The molecule has 0 saturated carbocycles. The van der Waals surface area contributed by atoms with Crippen LogP contribution in [0.1, 0.15) is 28.2 Å². The Labute approximate surface area is 171 Å². The Balaban J connectivity index is 1.41. The zero-order chi connectivity index (χ0) is 20.2. The molecule has 1 saturated heterocycles. The van der Waals surface area contributed by atoms with Crippen LogP contribution in [0.25, 0.3) is 11.3 Å². The van der Waals surface area contributed by atoms with Gasteiger partial charge in [-0.25, -0.2) is 4.98 Å². The number of ether oxygens (including phenoxy) is 2. The third kappa shape index (κ3) is 4.52. The van der Waals surface area contributed by atoms with Gasteiger partial charge in [0.2, 0.25) is 5.88 Å². The van der Waals surface area contributed by atoms with Gasteiger partial charge in [0.1, 0.15) is 23.2 Å². The standard InChI is InChI=1S/C19H18ClN5O4/c1-11-14(18(25-29-11)12-2-4-16(20)21-8-12)10-28-17-5-3-15(23-24-17)19(26)22-13-6-7-27-9-13/h2-5,8,13H,6-7,9-10H2,1H3,(H,22,26)/t13-/m0/s1. The first kappa shape index (κ1) is 19.3. The molecule has 1 amide bonds. The van der Waals surface area contributed by atoms with Crippen molar-refractivity contribution in [3.63, 3.8) is 0 Å². The average Bonchev–Trinajstić information content (AvgIpc) is 3.37. The molecule has 10 heteroatoms. The first-order valence-electron chi connectivity index (χ1n) is 9.02. The molecule has 3 aromatic heterocycles. The summed E-state index contributed by atoms with van der Waals surface area (Å²) in [6.07, 6.45) is 2.41. The summed E-state index contributed by atoms with van der Waals surface area (Å²) in [5.41, 5.74) is 2.37. The Morgan fingerprint density at radius 3 is 2.90 bits per heavy atom. The number of nitrogens with zero attached hydrogens (tertiary/aromatic N) is 4. The van der Waals surface area contributed by atoms with Crippen molar-refractivity contribution in [3.05, 3.63) is 52.6 Å².